The zero-order valence-electron chi connectivity index (χ0n) is 11.4. The Morgan fingerprint density at radius 2 is 2.05 bits per heavy atom. The molecule has 104 valence electrons. The number of likely N-dealkylation sites (tertiary alicyclic amines) is 1. The number of hydrogen-bond donors (Lipinski definition) is 1. The van der Waals surface area contributed by atoms with Gasteiger partial charge in [-0.1, -0.05) is 6.07 Å². The highest BCUT2D eigenvalue weighted by Gasteiger charge is 2.27. The number of piperidine rings is 1. The smallest absolute Gasteiger partial charge is 0.256 e. The number of hydrogen-bond acceptors (Lipinski definition) is 2. The molecule has 2 rings (SSSR count). The summed E-state index contributed by atoms with van der Waals surface area (Å²) in [6.45, 7) is 4.75. The standard InChI is InChI=1S/C15H20FNO2/c1-10-3-4-13(14(16)9-10)15(19)17-7-5-12(6-8-17)11(2)18/h3-4,9,11-12,18H,5-8H2,1-2H3. The fraction of sp³-hybridized carbons (Fsp3) is 0.533. The molecule has 1 heterocycles. The van der Waals surface area contributed by atoms with E-state index in [0.29, 0.717) is 13.1 Å². The lowest BCUT2D eigenvalue weighted by atomic mass is 9.92. The molecule has 1 unspecified atom stereocenters. The average Bonchev–Trinajstić information content (AvgIpc) is 2.38. The van der Waals surface area contributed by atoms with Gasteiger partial charge in [0.15, 0.2) is 0 Å². The number of benzene rings is 1. The maximum absolute atomic E-state index is 13.8. The van der Waals surface area contributed by atoms with Crippen molar-refractivity contribution in [2.75, 3.05) is 13.1 Å². The maximum Gasteiger partial charge on any atom is 0.256 e. The summed E-state index contributed by atoms with van der Waals surface area (Å²) in [5.74, 6) is -0.462. The molecule has 4 heteroatoms. The van der Waals surface area contributed by atoms with E-state index in [2.05, 4.69) is 0 Å². The quantitative estimate of drug-likeness (QED) is 0.891. The molecule has 1 aromatic carbocycles. The summed E-state index contributed by atoms with van der Waals surface area (Å²) in [7, 11) is 0. The van der Waals surface area contributed by atoms with Crippen LogP contribution in [0.2, 0.25) is 0 Å². The van der Waals surface area contributed by atoms with Crippen LogP contribution in [0.3, 0.4) is 0 Å². The Labute approximate surface area is 113 Å². The normalized spacial score (nSPS) is 18.4. The lowest BCUT2D eigenvalue weighted by molar-refractivity contribution is 0.0518. The van der Waals surface area contributed by atoms with Gasteiger partial charge in [0, 0.05) is 13.1 Å². The minimum atomic E-state index is -0.456. The van der Waals surface area contributed by atoms with Gasteiger partial charge in [-0.05, 0) is 50.3 Å². The summed E-state index contributed by atoms with van der Waals surface area (Å²) >= 11 is 0. The van der Waals surface area contributed by atoms with Gasteiger partial charge in [0.1, 0.15) is 5.82 Å². The van der Waals surface area contributed by atoms with E-state index in [4.69, 9.17) is 0 Å². The van der Waals surface area contributed by atoms with E-state index in [1.165, 1.54) is 6.07 Å². The van der Waals surface area contributed by atoms with Gasteiger partial charge in [-0.15, -0.1) is 0 Å². The average molecular weight is 265 g/mol. The number of halogens is 1. The van der Waals surface area contributed by atoms with Gasteiger partial charge in [0.25, 0.3) is 5.91 Å². The largest absolute Gasteiger partial charge is 0.393 e. The highest BCUT2D eigenvalue weighted by Crippen LogP contribution is 2.22. The van der Waals surface area contributed by atoms with E-state index >= 15 is 0 Å². The van der Waals surface area contributed by atoms with Crippen LogP contribution in [-0.2, 0) is 0 Å². The van der Waals surface area contributed by atoms with Crippen molar-refractivity contribution in [3.63, 3.8) is 0 Å². The lowest BCUT2D eigenvalue weighted by Crippen LogP contribution is -2.41. The van der Waals surface area contributed by atoms with E-state index in [1.807, 2.05) is 0 Å². The third-order valence-electron chi connectivity index (χ3n) is 3.86. The van der Waals surface area contributed by atoms with E-state index < -0.39 is 5.82 Å². The van der Waals surface area contributed by atoms with Gasteiger partial charge in [-0.2, -0.15) is 0 Å². The molecule has 1 saturated heterocycles. The Morgan fingerprint density at radius 1 is 1.42 bits per heavy atom. The molecule has 0 aliphatic carbocycles. The molecule has 1 atom stereocenters. The van der Waals surface area contributed by atoms with Gasteiger partial charge < -0.3 is 10.0 Å². The monoisotopic (exact) mass is 265 g/mol. The zero-order chi connectivity index (χ0) is 14.0. The first-order valence-corrected chi connectivity index (χ1v) is 6.72. The molecule has 1 aliphatic heterocycles. The first-order chi connectivity index (χ1) is 8.99. The summed E-state index contributed by atoms with van der Waals surface area (Å²) < 4.78 is 13.8. The Hall–Kier alpha value is -1.42. The highest BCUT2D eigenvalue weighted by molar-refractivity contribution is 5.94. The van der Waals surface area contributed by atoms with Crippen molar-refractivity contribution in [3.8, 4) is 0 Å². The summed E-state index contributed by atoms with van der Waals surface area (Å²) in [5, 5.41) is 9.53. The van der Waals surface area contributed by atoms with E-state index in [9.17, 15) is 14.3 Å². The second kappa shape index (κ2) is 5.70. The number of aliphatic hydroxyl groups excluding tert-OH is 1. The minimum absolute atomic E-state index is 0.140. The molecule has 0 bridgehead atoms. The summed E-state index contributed by atoms with van der Waals surface area (Å²) in [6, 6.07) is 4.68. The number of carbonyl (C=O) groups is 1. The Balaban J connectivity index is 2.05. The molecule has 1 aromatic rings. The van der Waals surface area contributed by atoms with Gasteiger partial charge >= 0.3 is 0 Å². The molecular weight excluding hydrogens is 245 g/mol. The lowest BCUT2D eigenvalue weighted by Gasteiger charge is -2.33. The predicted octanol–water partition coefficient (Wildman–Crippen LogP) is 2.37. The predicted molar refractivity (Wildman–Crippen MR) is 71.4 cm³/mol. The van der Waals surface area contributed by atoms with Crippen LogP contribution < -0.4 is 0 Å². The van der Waals surface area contributed by atoms with Crippen LogP contribution in [0.15, 0.2) is 18.2 Å². The zero-order valence-corrected chi connectivity index (χ0v) is 11.4. The molecule has 0 saturated carbocycles. The van der Waals surface area contributed by atoms with Crippen LogP contribution in [-0.4, -0.2) is 35.1 Å². The van der Waals surface area contributed by atoms with Crippen molar-refractivity contribution in [1.82, 2.24) is 4.90 Å². The third kappa shape index (κ3) is 3.13. The SMILES string of the molecule is Cc1ccc(C(=O)N2CCC(C(C)O)CC2)c(F)c1. The molecule has 19 heavy (non-hydrogen) atoms. The number of amides is 1. The van der Waals surface area contributed by atoms with Crippen molar-refractivity contribution in [1.29, 1.82) is 0 Å². The topological polar surface area (TPSA) is 40.5 Å². The van der Waals surface area contributed by atoms with E-state index in [0.717, 1.165) is 18.4 Å². The summed E-state index contributed by atoms with van der Waals surface area (Å²) in [4.78, 5) is 13.9. The molecule has 1 aliphatic rings. The first-order valence-electron chi connectivity index (χ1n) is 6.72. The van der Waals surface area contributed by atoms with Crippen LogP contribution in [0.5, 0.6) is 0 Å². The van der Waals surface area contributed by atoms with Crippen molar-refractivity contribution >= 4 is 5.91 Å². The van der Waals surface area contributed by atoms with Gasteiger partial charge in [-0.25, -0.2) is 4.39 Å². The Morgan fingerprint density at radius 3 is 2.58 bits per heavy atom. The van der Waals surface area contributed by atoms with Crippen molar-refractivity contribution < 1.29 is 14.3 Å². The van der Waals surface area contributed by atoms with E-state index in [1.54, 1.807) is 30.9 Å². The second-order valence-electron chi connectivity index (χ2n) is 5.35. The molecule has 0 radical (unpaired) electrons. The fourth-order valence-corrected chi connectivity index (χ4v) is 2.55. The molecule has 3 nitrogen and oxygen atoms in total. The molecule has 1 amide bonds. The number of nitrogens with zero attached hydrogens (tertiary/aromatic N) is 1. The molecule has 0 spiro atoms. The van der Waals surface area contributed by atoms with Gasteiger partial charge in [0.05, 0.1) is 11.7 Å². The van der Waals surface area contributed by atoms with Crippen molar-refractivity contribution in [2.45, 2.75) is 32.8 Å². The second-order valence-corrected chi connectivity index (χ2v) is 5.35. The van der Waals surface area contributed by atoms with Gasteiger partial charge in [0.2, 0.25) is 0 Å². The minimum Gasteiger partial charge on any atom is -0.393 e. The summed E-state index contributed by atoms with van der Waals surface area (Å²) in [5.41, 5.74) is 0.947. The molecule has 1 fully saturated rings. The Kier molecular flexibility index (Phi) is 4.20. The van der Waals surface area contributed by atoms with E-state index in [-0.39, 0.29) is 23.5 Å². The molecule has 1 N–H and O–H groups in total. The van der Waals surface area contributed by atoms with Crippen molar-refractivity contribution in [3.05, 3.63) is 35.1 Å². The number of rotatable bonds is 2. The first kappa shape index (κ1) is 14.0. The number of carbonyl (C=O) groups excluding carboxylic acids is 1. The number of aryl methyl sites for hydroxylation is 1. The van der Waals surface area contributed by atoms with Crippen LogP contribution in [0.4, 0.5) is 4.39 Å². The number of aliphatic hydroxyl groups is 1. The third-order valence-corrected chi connectivity index (χ3v) is 3.86. The highest BCUT2D eigenvalue weighted by atomic mass is 19.1. The van der Waals surface area contributed by atoms with Crippen LogP contribution >= 0.6 is 0 Å². The van der Waals surface area contributed by atoms with Crippen LogP contribution in [0.1, 0.15) is 35.7 Å². The van der Waals surface area contributed by atoms with Crippen LogP contribution in [0, 0.1) is 18.7 Å². The molecular formula is C15H20FNO2. The maximum atomic E-state index is 13.8. The van der Waals surface area contributed by atoms with Crippen LogP contribution in [0.25, 0.3) is 0 Å². The fourth-order valence-electron chi connectivity index (χ4n) is 2.55. The Bertz CT molecular complexity index is 465. The van der Waals surface area contributed by atoms with Crippen molar-refractivity contribution in [2.24, 2.45) is 5.92 Å². The molecule has 0 aromatic heterocycles. The summed E-state index contributed by atoms with van der Waals surface area (Å²) in [6.07, 6.45) is 1.21. The van der Waals surface area contributed by atoms with Gasteiger partial charge in [-0.3, -0.25) is 4.79 Å².